The van der Waals surface area contributed by atoms with Crippen molar-refractivity contribution in [2.75, 3.05) is 49.5 Å². The Bertz CT molecular complexity index is 3200. The number of aliphatic hydroxyl groups is 2. The second-order valence-electron chi connectivity index (χ2n) is 28.1. The summed E-state index contributed by atoms with van der Waals surface area (Å²) < 4.78 is 155. The Morgan fingerprint density at radius 2 is 0.776 bits per heavy atom. The van der Waals surface area contributed by atoms with Crippen LogP contribution in [0.25, 0.3) is 0 Å². The number of amides is 6. The summed E-state index contributed by atoms with van der Waals surface area (Å²) in [4.78, 5) is 108. The van der Waals surface area contributed by atoms with E-state index in [0.717, 1.165) is 17.3 Å². The Labute approximate surface area is 670 Å². The number of aryl methyl sites for hydroxylation is 1. The van der Waals surface area contributed by atoms with Gasteiger partial charge in [0.2, 0.25) is 0 Å². The highest BCUT2D eigenvalue weighted by molar-refractivity contribution is 7.98. The van der Waals surface area contributed by atoms with E-state index in [-0.39, 0.29) is 11.5 Å². The molecule has 1 rings (SSSR count). The van der Waals surface area contributed by atoms with Crippen molar-refractivity contribution in [1.29, 1.82) is 0 Å². The Morgan fingerprint density at radius 1 is 0.486 bits per heavy atom. The molecule has 0 aliphatic heterocycles. The van der Waals surface area contributed by atoms with Crippen LogP contribution < -0.4 is 43.4 Å². The summed E-state index contributed by atoms with van der Waals surface area (Å²) >= 11 is 6.23. The number of carboxylic acids is 3. The minimum atomic E-state index is -4.16. The molecule has 15 N–H and O–H groups in total. The number of thiol groups is 1. The highest BCUT2D eigenvalue weighted by atomic mass is 32.2. The number of nitrogens with two attached hydrogens (primary N) is 2. The number of aliphatic hydroxyl groups excluding tert-OH is 2. The molecule has 0 aromatic heterocycles. The number of rotatable bonds is 29. The fraction of sp³-hybridized carbons (Fsp3) is 0.775. The zero-order valence-electron chi connectivity index (χ0n) is 80.0. The van der Waals surface area contributed by atoms with Crippen LogP contribution in [0.15, 0.2) is 29.2 Å². The number of benzene rings is 1. The van der Waals surface area contributed by atoms with Gasteiger partial charge < -0.3 is 102 Å². The molecular formula is C71H138N8O24S4. The smallest absolute Gasteiger partial charge is 0.407 e. The summed E-state index contributed by atoms with van der Waals surface area (Å²) in [5.74, 6) is -4.24. The molecule has 1 aromatic carbocycles. The van der Waals surface area contributed by atoms with Crippen molar-refractivity contribution in [3.05, 3.63) is 29.8 Å². The number of ether oxygens (including phenoxy) is 6. The van der Waals surface area contributed by atoms with Crippen LogP contribution in [0.2, 0.25) is 0 Å². The van der Waals surface area contributed by atoms with Crippen LogP contribution in [0, 0.1) is 6.92 Å². The quantitative estimate of drug-likeness (QED) is 0.0153. The van der Waals surface area contributed by atoms with E-state index in [2.05, 4.69) is 44.5 Å². The predicted molar refractivity (Wildman–Crippen MR) is 424 cm³/mol. The Morgan fingerprint density at radius 3 is 1.04 bits per heavy atom. The number of aliphatic carboxylic acids is 3. The van der Waals surface area contributed by atoms with Crippen LogP contribution in [0.5, 0.6) is 0 Å². The van der Waals surface area contributed by atoms with Gasteiger partial charge in [0.15, 0.2) is 0 Å². The third-order valence-corrected chi connectivity index (χ3v) is 12.0. The first-order chi connectivity index (χ1) is 53.7. The molecule has 36 heteroatoms. The largest absolute Gasteiger partial charge is 0.481 e. The first kappa shape index (κ1) is 87.9. The molecule has 6 amide bonds. The van der Waals surface area contributed by atoms with Gasteiger partial charge in [0.25, 0.3) is 10.1 Å². The summed E-state index contributed by atoms with van der Waals surface area (Å²) in [5, 5.41) is 56.8. The second kappa shape index (κ2) is 60.5. The third-order valence-electron chi connectivity index (χ3n) is 9.72. The van der Waals surface area contributed by atoms with Crippen molar-refractivity contribution < 1.29 is 132 Å². The molecule has 0 spiro atoms. The van der Waals surface area contributed by atoms with Gasteiger partial charge in [-0.25, -0.2) is 28.8 Å². The van der Waals surface area contributed by atoms with Crippen molar-refractivity contribution in [2.45, 2.75) is 311 Å². The van der Waals surface area contributed by atoms with E-state index < -0.39 is 228 Å². The minimum Gasteiger partial charge on any atom is -0.481 e. The number of carbonyl (C=O) groups is 10. The predicted octanol–water partition coefficient (Wildman–Crippen LogP) is 11.0. The van der Waals surface area contributed by atoms with E-state index in [1.807, 2.05) is 6.92 Å². The standard InChI is InChI=1S/C16H25NO5S.C10H21NO2S.2C9H19NO3.C9H17NO3.C9H19NO2S.C5H11NO2S.C4H7NO4/c1-12-6-8-14(9-7-12)23(19,20)21-11-10-13(2)17-15(18)22-16(3,4)5;1-8(6-7-14-5)11-9(12)13-10(2,3)4;3*1-7(5-6-11)10-8(12)13-9(2,3)4;1-7(5-6-13)10-8(11)12-9(2,3)4;1-9-3-2-4(6)5(7)8;5-2(4(8)9)1-3(6)7/h6-9,13H,10-11H2,1-5H3,(H,17,18);8H,6-7H2,1-5H3,(H,11,12);2*7,11H,5-6H2,1-4H3,(H,10,12);6-7H,5H2,1-4H3,(H,10,12);7,13H,5-6H2,1-4H3,(H,10,11);4H,2-3,6H2,1H3,(H,7,8);2H,1,5H2,(H,6,7)(H,8,9)/t13-;8-;4*7-;4-;2-/m11111100/s1/i10D,11D;6D,7D;5D,6D;2*5D;5D,6D;2D,3D;1D/t10-,11-,13-;6-,7+,8-;5-,6-,7-;2*5-,7-;5-,6+,7-;2-,3+,4+;1-,2-/m11111110. The van der Waals surface area contributed by atoms with Crippen molar-refractivity contribution >= 4 is 107 Å². The Hall–Kier alpha value is -6.28. The maximum atomic E-state index is 12.2. The maximum Gasteiger partial charge on any atom is 0.407 e. The molecule has 21 atom stereocenters. The molecule has 0 unspecified atom stereocenters. The Balaban J connectivity index is -0.000000247. The molecule has 107 heavy (non-hydrogen) atoms. The molecule has 32 nitrogen and oxygen atoms in total. The number of hydrogen-bond acceptors (Lipinski definition) is 26. The van der Waals surface area contributed by atoms with Gasteiger partial charge in [-0.3, -0.25) is 18.6 Å². The zero-order valence-corrected chi connectivity index (χ0v) is 70.4. The van der Waals surface area contributed by atoms with E-state index in [4.69, 9.17) is 87.4 Å². The van der Waals surface area contributed by atoms with Crippen molar-refractivity contribution in [3.8, 4) is 0 Å². The Kier molecular flexibility index (Phi) is 49.7. The van der Waals surface area contributed by atoms with Gasteiger partial charge in [-0.15, -0.1) is 0 Å². The molecule has 0 fully saturated rings. The van der Waals surface area contributed by atoms with Gasteiger partial charge >= 0.3 is 54.5 Å². The average Bonchev–Trinajstić information content (AvgIpc) is 0.826. The normalized spacial score (nSPS) is 19.0. The van der Waals surface area contributed by atoms with Crippen LogP contribution >= 0.6 is 36.2 Å². The summed E-state index contributed by atoms with van der Waals surface area (Å²) in [7, 11) is -4.16. The van der Waals surface area contributed by atoms with Gasteiger partial charge in [0.05, 0.1) is 20.6 Å². The maximum absolute atomic E-state index is 12.2. The summed E-state index contributed by atoms with van der Waals surface area (Å²) in [6.45, 7) is 39.4. The number of alkyl carbamates (subject to hydrolysis) is 6. The molecular weight excluding hydrogens is 1480 g/mol. The van der Waals surface area contributed by atoms with Gasteiger partial charge in [-0.2, -0.15) is 44.6 Å². The lowest BCUT2D eigenvalue weighted by atomic mass is 10.2. The van der Waals surface area contributed by atoms with Crippen LogP contribution in [0.4, 0.5) is 28.8 Å². The fourth-order valence-electron chi connectivity index (χ4n) is 5.44. The van der Waals surface area contributed by atoms with Gasteiger partial charge in [-0.1, -0.05) is 17.7 Å². The molecule has 0 saturated heterocycles. The SMILES string of the molecule is [2H][C@@H]([C@@H](C)NC(=O)OC(C)(C)C)[C@@H]([2H])OS(=O)(=O)c1ccc(C)cc1.[2H][C@H](C(=O)O)[C@H](N)C(=O)O.[2H][C@H](C=O)[C@@H](C)NC(=O)OC(C)(C)C.[2H][C@H](CO)[C@@H](C)NC(=O)OC(C)(C)C.[2H][C@H]([C@@H]([2H])O)[C@@H](C)NC(=O)OC(C)(C)C.[2H][C@H]([C@H]([2H])S)[C@@H](C)NC(=O)OC(C)(C)C.[2H][C@H]([C@H]([2H])SC)[C@@H](C)NC(=O)OC(C)(C)C.[2H][C@H]([C@H]([2H])SC)[C@H](N)C(=O)O. The van der Waals surface area contributed by atoms with Gasteiger partial charge in [0.1, 0.15) is 52.0 Å². The topological polar surface area (TPSA) is 495 Å². The van der Waals surface area contributed by atoms with Crippen molar-refractivity contribution in [3.63, 3.8) is 0 Å². The minimum absolute atomic E-state index is 0.0877. The number of hydrogen-bond donors (Lipinski definition) is 14. The first-order valence-corrected chi connectivity index (χ1v) is 37.4. The molecule has 0 heterocycles. The number of thioether (sulfide) groups is 2. The molecule has 0 radical (unpaired) electrons. The average molecular weight is 1630 g/mol. The monoisotopic (exact) mass is 1630 g/mol. The van der Waals surface area contributed by atoms with E-state index >= 15 is 0 Å². The van der Waals surface area contributed by atoms with Gasteiger partial charge in [-0.05, 0) is 253 Å². The lowest BCUT2D eigenvalue weighted by molar-refractivity contribution is -0.144. The van der Waals surface area contributed by atoms with Crippen LogP contribution in [0.3, 0.4) is 0 Å². The molecule has 630 valence electrons. The number of carbonyl (C=O) groups excluding carboxylic acids is 7. The highest BCUT2D eigenvalue weighted by Gasteiger charge is 2.24. The number of nitrogens with one attached hydrogen (secondary N) is 6. The van der Waals surface area contributed by atoms with E-state index in [1.165, 1.54) is 30.8 Å². The van der Waals surface area contributed by atoms with E-state index in [9.17, 15) is 56.4 Å². The van der Waals surface area contributed by atoms with Crippen molar-refractivity contribution in [1.82, 2.24) is 31.9 Å². The molecule has 0 aliphatic rings. The first-order valence-electron chi connectivity index (χ1n) is 40.4. The molecule has 0 saturated carbocycles. The zero-order chi connectivity index (χ0) is 96.8. The number of carboxylic acid groups (broad SMARTS) is 3. The van der Waals surface area contributed by atoms with E-state index in [1.54, 1.807) is 184 Å². The van der Waals surface area contributed by atoms with Crippen molar-refractivity contribution in [2.24, 2.45) is 11.5 Å². The molecule has 0 aliphatic carbocycles. The van der Waals surface area contributed by atoms with Crippen LogP contribution in [0.1, 0.15) is 241 Å². The molecule has 1 aromatic rings. The lowest BCUT2D eigenvalue weighted by Crippen LogP contribution is -2.38. The summed E-state index contributed by atoms with van der Waals surface area (Å²) in [5.41, 5.74) is 5.10. The highest BCUT2D eigenvalue weighted by Crippen LogP contribution is 2.16. The summed E-state index contributed by atoms with van der Waals surface area (Å²) in [6.07, 6.45) is -8.15. The third kappa shape index (κ3) is 90.2. The summed E-state index contributed by atoms with van der Waals surface area (Å²) in [6, 6.07) is -0.236. The van der Waals surface area contributed by atoms with Crippen LogP contribution in [-0.4, -0.2) is 226 Å². The van der Waals surface area contributed by atoms with E-state index in [0.29, 0.717) is 6.29 Å². The second-order valence-corrected chi connectivity index (χ2v) is 31.5. The fourth-order valence-corrected chi connectivity index (χ4v) is 7.21. The molecule has 0 bridgehead atoms. The van der Waals surface area contributed by atoms with Gasteiger partial charge in [0, 0.05) is 70.9 Å². The lowest BCUT2D eigenvalue weighted by Gasteiger charge is -2.21. The van der Waals surface area contributed by atoms with Crippen LogP contribution in [-0.2, 0) is 61.9 Å². The number of aldehydes is 1.